The van der Waals surface area contributed by atoms with Crippen LogP contribution >= 0.6 is 11.3 Å². The molecule has 124 valence electrons. The standard InChI is InChI=1S/C18H20N4OS/c1-14-10-16(22-6-4-19-13-22)3-2-15(14)11-21-7-8-23-17(12-21)18-20-5-9-24-18/h2-6,9-10,13,17H,7-8,11-12H2,1H3. The highest BCUT2D eigenvalue weighted by Crippen LogP contribution is 2.25. The zero-order valence-corrected chi connectivity index (χ0v) is 14.4. The third-order valence-corrected chi connectivity index (χ3v) is 5.27. The zero-order chi connectivity index (χ0) is 16.4. The van der Waals surface area contributed by atoms with Crippen LogP contribution in [0.5, 0.6) is 0 Å². The quantitative estimate of drug-likeness (QED) is 0.731. The summed E-state index contributed by atoms with van der Waals surface area (Å²) in [7, 11) is 0. The molecule has 6 heteroatoms. The first-order valence-electron chi connectivity index (χ1n) is 8.11. The summed E-state index contributed by atoms with van der Waals surface area (Å²) < 4.78 is 7.92. The molecule has 1 atom stereocenters. The molecule has 3 aromatic rings. The molecule has 4 rings (SSSR count). The van der Waals surface area contributed by atoms with Crippen LogP contribution in [0, 0.1) is 6.92 Å². The van der Waals surface area contributed by atoms with E-state index in [9.17, 15) is 0 Å². The van der Waals surface area contributed by atoms with Crippen molar-refractivity contribution in [3.05, 3.63) is 64.6 Å². The van der Waals surface area contributed by atoms with Gasteiger partial charge in [-0.25, -0.2) is 9.97 Å². The first-order chi connectivity index (χ1) is 11.8. The predicted octanol–water partition coefficient (Wildman–Crippen LogP) is 3.21. The lowest BCUT2D eigenvalue weighted by Crippen LogP contribution is -2.37. The molecule has 1 fully saturated rings. The number of rotatable bonds is 4. The van der Waals surface area contributed by atoms with Crippen molar-refractivity contribution in [3.63, 3.8) is 0 Å². The Morgan fingerprint density at radius 3 is 3.04 bits per heavy atom. The van der Waals surface area contributed by atoms with Crippen LogP contribution in [-0.2, 0) is 11.3 Å². The van der Waals surface area contributed by atoms with Crippen molar-refractivity contribution in [3.8, 4) is 5.69 Å². The molecular formula is C18H20N4OS. The van der Waals surface area contributed by atoms with E-state index in [0.717, 1.165) is 36.9 Å². The number of aromatic nitrogens is 3. The van der Waals surface area contributed by atoms with Gasteiger partial charge in [-0.3, -0.25) is 4.90 Å². The third kappa shape index (κ3) is 3.26. The molecule has 24 heavy (non-hydrogen) atoms. The molecule has 0 spiro atoms. The van der Waals surface area contributed by atoms with E-state index in [2.05, 4.69) is 40.0 Å². The van der Waals surface area contributed by atoms with Gasteiger partial charge in [-0.1, -0.05) is 6.07 Å². The predicted molar refractivity (Wildman–Crippen MR) is 94.4 cm³/mol. The molecule has 1 aromatic carbocycles. The second-order valence-corrected chi connectivity index (χ2v) is 6.97. The molecular weight excluding hydrogens is 320 g/mol. The number of hydrogen-bond donors (Lipinski definition) is 0. The minimum Gasteiger partial charge on any atom is -0.368 e. The SMILES string of the molecule is Cc1cc(-n2ccnc2)ccc1CN1CCOC(c2nccs2)C1. The van der Waals surface area contributed by atoms with Crippen LogP contribution in [0.1, 0.15) is 22.2 Å². The summed E-state index contributed by atoms with van der Waals surface area (Å²) in [6.45, 7) is 5.74. The number of thiazole rings is 1. The largest absolute Gasteiger partial charge is 0.368 e. The Morgan fingerprint density at radius 2 is 2.29 bits per heavy atom. The van der Waals surface area contributed by atoms with E-state index < -0.39 is 0 Å². The van der Waals surface area contributed by atoms with Gasteiger partial charge in [0.25, 0.3) is 0 Å². The van der Waals surface area contributed by atoms with Gasteiger partial charge in [0.2, 0.25) is 0 Å². The van der Waals surface area contributed by atoms with Crippen LogP contribution in [0.15, 0.2) is 48.5 Å². The zero-order valence-electron chi connectivity index (χ0n) is 13.6. The van der Waals surface area contributed by atoms with Crippen LogP contribution in [0.4, 0.5) is 0 Å². The van der Waals surface area contributed by atoms with Crippen molar-refractivity contribution in [1.29, 1.82) is 0 Å². The van der Waals surface area contributed by atoms with E-state index in [1.807, 2.05) is 28.7 Å². The van der Waals surface area contributed by atoms with Crippen LogP contribution in [-0.4, -0.2) is 39.1 Å². The second-order valence-electron chi connectivity index (χ2n) is 6.05. The minimum absolute atomic E-state index is 0.101. The number of nitrogens with zero attached hydrogens (tertiary/aromatic N) is 4. The van der Waals surface area contributed by atoms with Crippen molar-refractivity contribution in [2.24, 2.45) is 0 Å². The Balaban J connectivity index is 1.47. The average molecular weight is 340 g/mol. The van der Waals surface area contributed by atoms with Gasteiger partial charge in [-0.05, 0) is 30.2 Å². The number of aryl methyl sites for hydroxylation is 1. The molecule has 0 N–H and O–H groups in total. The summed E-state index contributed by atoms with van der Waals surface area (Å²) in [6.07, 6.45) is 7.55. The summed E-state index contributed by atoms with van der Waals surface area (Å²) in [6, 6.07) is 6.59. The summed E-state index contributed by atoms with van der Waals surface area (Å²) in [5.41, 5.74) is 3.81. The maximum absolute atomic E-state index is 5.88. The van der Waals surface area contributed by atoms with E-state index in [1.165, 1.54) is 11.1 Å². The molecule has 0 saturated carbocycles. The summed E-state index contributed by atoms with van der Waals surface area (Å²) >= 11 is 1.67. The van der Waals surface area contributed by atoms with E-state index in [-0.39, 0.29) is 6.10 Å². The first-order valence-corrected chi connectivity index (χ1v) is 8.99. The highest BCUT2D eigenvalue weighted by molar-refractivity contribution is 7.09. The molecule has 1 aliphatic heterocycles. The van der Waals surface area contributed by atoms with Gasteiger partial charge in [0.15, 0.2) is 0 Å². The maximum Gasteiger partial charge on any atom is 0.123 e. The second kappa shape index (κ2) is 6.84. The highest BCUT2D eigenvalue weighted by Gasteiger charge is 2.24. The fraction of sp³-hybridized carbons (Fsp3) is 0.333. The van der Waals surface area contributed by atoms with Crippen LogP contribution in [0.2, 0.25) is 0 Å². The Hall–Kier alpha value is -2.02. The monoisotopic (exact) mass is 340 g/mol. The topological polar surface area (TPSA) is 43.2 Å². The number of benzene rings is 1. The number of imidazole rings is 1. The van der Waals surface area contributed by atoms with Crippen molar-refractivity contribution < 1.29 is 4.74 Å². The van der Waals surface area contributed by atoms with E-state index in [0.29, 0.717) is 0 Å². The lowest BCUT2D eigenvalue weighted by Gasteiger charge is -2.32. The fourth-order valence-corrected chi connectivity index (χ4v) is 3.74. The number of ether oxygens (including phenoxy) is 1. The lowest BCUT2D eigenvalue weighted by molar-refractivity contribution is -0.0330. The summed E-state index contributed by atoms with van der Waals surface area (Å²) in [5, 5.41) is 3.09. The van der Waals surface area contributed by atoms with Crippen LogP contribution in [0.3, 0.4) is 0 Å². The van der Waals surface area contributed by atoms with Crippen molar-refractivity contribution in [2.75, 3.05) is 19.7 Å². The van der Waals surface area contributed by atoms with Gasteiger partial charge in [0.1, 0.15) is 11.1 Å². The smallest absolute Gasteiger partial charge is 0.123 e. The number of morpholine rings is 1. The third-order valence-electron chi connectivity index (χ3n) is 4.40. The molecule has 0 bridgehead atoms. The van der Waals surface area contributed by atoms with Crippen molar-refractivity contribution in [1.82, 2.24) is 19.4 Å². The number of hydrogen-bond acceptors (Lipinski definition) is 5. The fourth-order valence-electron chi connectivity index (χ4n) is 3.06. The van der Waals surface area contributed by atoms with E-state index >= 15 is 0 Å². The van der Waals surface area contributed by atoms with Crippen LogP contribution < -0.4 is 0 Å². The Bertz CT molecular complexity index is 785. The molecule has 3 heterocycles. The van der Waals surface area contributed by atoms with E-state index in [1.54, 1.807) is 17.5 Å². The van der Waals surface area contributed by atoms with Crippen molar-refractivity contribution in [2.45, 2.75) is 19.6 Å². The molecule has 0 aliphatic carbocycles. The molecule has 0 amide bonds. The average Bonchev–Trinajstić information content (AvgIpc) is 3.31. The molecule has 2 aromatic heterocycles. The molecule has 1 unspecified atom stereocenters. The maximum atomic E-state index is 5.88. The van der Waals surface area contributed by atoms with Gasteiger partial charge in [-0.2, -0.15) is 0 Å². The molecule has 1 saturated heterocycles. The van der Waals surface area contributed by atoms with Crippen LogP contribution in [0.25, 0.3) is 5.69 Å². The van der Waals surface area contributed by atoms with Gasteiger partial charge in [0.05, 0.1) is 12.9 Å². The molecule has 5 nitrogen and oxygen atoms in total. The van der Waals surface area contributed by atoms with E-state index in [4.69, 9.17) is 4.74 Å². The van der Waals surface area contributed by atoms with Crippen molar-refractivity contribution >= 4 is 11.3 Å². The molecule has 0 radical (unpaired) electrons. The normalized spacial score (nSPS) is 18.8. The highest BCUT2D eigenvalue weighted by atomic mass is 32.1. The lowest BCUT2D eigenvalue weighted by atomic mass is 10.1. The summed E-state index contributed by atoms with van der Waals surface area (Å²) in [5.74, 6) is 0. The summed E-state index contributed by atoms with van der Waals surface area (Å²) in [4.78, 5) is 11.0. The molecule has 1 aliphatic rings. The Morgan fingerprint density at radius 1 is 1.33 bits per heavy atom. The van der Waals surface area contributed by atoms with Gasteiger partial charge >= 0.3 is 0 Å². The first kappa shape index (κ1) is 15.5. The van der Waals surface area contributed by atoms with Gasteiger partial charge < -0.3 is 9.30 Å². The Kier molecular flexibility index (Phi) is 4.42. The Labute approximate surface area is 145 Å². The van der Waals surface area contributed by atoms with Gasteiger partial charge in [0, 0.05) is 49.3 Å². The minimum atomic E-state index is 0.101. The van der Waals surface area contributed by atoms with Gasteiger partial charge in [-0.15, -0.1) is 11.3 Å².